The molecule has 3 nitrogen and oxygen atoms in total. The Morgan fingerprint density at radius 2 is 2.00 bits per heavy atom. The molecule has 2 aromatic rings. The molecule has 1 heterocycles. The smallest absolute Gasteiger partial charge is 0.126 e. The Labute approximate surface area is 112 Å². The summed E-state index contributed by atoms with van der Waals surface area (Å²) in [5.74, 6) is 0.598. The van der Waals surface area contributed by atoms with Gasteiger partial charge < -0.3 is 10.1 Å². The second kappa shape index (κ2) is 5.69. The number of benzene rings is 1. The molecule has 1 aromatic heterocycles. The summed E-state index contributed by atoms with van der Waals surface area (Å²) in [6.07, 6.45) is 0. The fourth-order valence-corrected chi connectivity index (χ4v) is 1.86. The van der Waals surface area contributed by atoms with Crippen molar-refractivity contribution in [2.45, 2.75) is 20.4 Å². The van der Waals surface area contributed by atoms with Gasteiger partial charge in [-0.25, -0.2) is 4.39 Å². The van der Waals surface area contributed by atoms with Gasteiger partial charge in [0.2, 0.25) is 0 Å². The van der Waals surface area contributed by atoms with Crippen LogP contribution in [0.1, 0.15) is 17.0 Å². The predicted octanol–water partition coefficient (Wildman–Crippen LogP) is 3.46. The van der Waals surface area contributed by atoms with E-state index in [1.807, 2.05) is 19.1 Å². The fourth-order valence-electron chi connectivity index (χ4n) is 1.86. The molecule has 1 N–H and O–H groups in total. The highest BCUT2D eigenvalue weighted by molar-refractivity contribution is 5.46. The second-order valence-electron chi connectivity index (χ2n) is 4.46. The molecule has 0 spiro atoms. The summed E-state index contributed by atoms with van der Waals surface area (Å²) in [7, 11) is 1.63. The Bertz CT molecular complexity index is 584. The lowest BCUT2D eigenvalue weighted by atomic mass is 10.2. The highest BCUT2D eigenvalue weighted by atomic mass is 19.1. The van der Waals surface area contributed by atoms with E-state index in [9.17, 15) is 4.39 Å². The van der Waals surface area contributed by atoms with E-state index >= 15 is 0 Å². The summed E-state index contributed by atoms with van der Waals surface area (Å²) in [5.41, 5.74) is 3.30. The lowest BCUT2D eigenvalue weighted by Gasteiger charge is -2.09. The average Bonchev–Trinajstić information content (AvgIpc) is 2.39. The average molecular weight is 260 g/mol. The molecule has 0 aliphatic rings. The third-order valence-corrected chi connectivity index (χ3v) is 2.85. The van der Waals surface area contributed by atoms with Crippen LogP contribution >= 0.6 is 0 Å². The minimum Gasteiger partial charge on any atom is -0.497 e. The maximum Gasteiger partial charge on any atom is 0.126 e. The molecule has 0 aliphatic carbocycles. The van der Waals surface area contributed by atoms with E-state index in [1.54, 1.807) is 26.2 Å². The van der Waals surface area contributed by atoms with Crippen LogP contribution in [0.25, 0.3) is 0 Å². The van der Waals surface area contributed by atoms with Crippen LogP contribution < -0.4 is 10.1 Å². The van der Waals surface area contributed by atoms with Crippen molar-refractivity contribution >= 4 is 5.69 Å². The topological polar surface area (TPSA) is 34.1 Å². The van der Waals surface area contributed by atoms with Crippen molar-refractivity contribution in [2.75, 3.05) is 12.4 Å². The largest absolute Gasteiger partial charge is 0.497 e. The van der Waals surface area contributed by atoms with Crippen LogP contribution in [-0.4, -0.2) is 12.1 Å². The van der Waals surface area contributed by atoms with E-state index in [0.29, 0.717) is 12.1 Å². The first-order valence-corrected chi connectivity index (χ1v) is 6.10. The number of halogens is 1. The molecule has 2 rings (SSSR count). The van der Waals surface area contributed by atoms with Gasteiger partial charge in [0, 0.05) is 23.5 Å². The summed E-state index contributed by atoms with van der Waals surface area (Å²) < 4.78 is 18.4. The molecule has 0 fully saturated rings. The van der Waals surface area contributed by atoms with Gasteiger partial charge in [0.25, 0.3) is 0 Å². The number of nitrogens with one attached hydrogen (secondary N) is 1. The van der Waals surface area contributed by atoms with Gasteiger partial charge in [-0.3, -0.25) is 4.98 Å². The standard InChI is InChI=1S/C15H17FN2O/c1-10-6-12(4-5-15(10)16)17-9-13-8-14(19-3)7-11(2)18-13/h4-8,17H,9H2,1-3H3. The number of aryl methyl sites for hydroxylation is 2. The Hall–Kier alpha value is -2.10. The van der Waals surface area contributed by atoms with Crippen molar-refractivity contribution in [2.24, 2.45) is 0 Å². The van der Waals surface area contributed by atoms with Gasteiger partial charge in [0.1, 0.15) is 11.6 Å². The van der Waals surface area contributed by atoms with Gasteiger partial charge >= 0.3 is 0 Å². The molecule has 0 aliphatic heterocycles. The summed E-state index contributed by atoms with van der Waals surface area (Å²) in [4.78, 5) is 4.42. The van der Waals surface area contributed by atoms with E-state index in [4.69, 9.17) is 4.74 Å². The predicted molar refractivity (Wildman–Crippen MR) is 74.0 cm³/mol. The maximum atomic E-state index is 13.2. The van der Waals surface area contributed by atoms with Gasteiger partial charge in [0.15, 0.2) is 0 Å². The van der Waals surface area contributed by atoms with Gasteiger partial charge in [0.05, 0.1) is 19.3 Å². The number of methoxy groups -OCH3 is 1. The zero-order valence-corrected chi connectivity index (χ0v) is 11.3. The monoisotopic (exact) mass is 260 g/mol. The minimum atomic E-state index is -0.194. The van der Waals surface area contributed by atoms with Crippen molar-refractivity contribution in [3.63, 3.8) is 0 Å². The molecule has 1 aromatic carbocycles. The van der Waals surface area contributed by atoms with Crippen LogP contribution in [-0.2, 0) is 6.54 Å². The van der Waals surface area contributed by atoms with Crippen LogP contribution in [0.4, 0.5) is 10.1 Å². The van der Waals surface area contributed by atoms with Crippen LogP contribution in [0.5, 0.6) is 5.75 Å². The summed E-state index contributed by atoms with van der Waals surface area (Å²) in [5, 5.41) is 3.22. The molecule has 4 heteroatoms. The molecule has 0 atom stereocenters. The quantitative estimate of drug-likeness (QED) is 0.914. The van der Waals surface area contributed by atoms with Crippen LogP contribution in [0.3, 0.4) is 0 Å². The van der Waals surface area contributed by atoms with E-state index < -0.39 is 0 Å². The van der Waals surface area contributed by atoms with Crippen molar-refractivity contribution in [3.05, 3.63) is 53.1 Å². The maximum absolute atomic E-state index is 13.2. The Kier molecular flexibility index (Phi) is 4.00. The molecule has 0 saturated carbocycles. The number of anilines is 1. The number of hydrogen-bond acceptors (Lipinski definition) is 3. The first kappa shape index (κ1) is 13.3. The van der Waals surface area contributed by atoms with E-state index in [0.717, 1.165) is 22.8 Å². The first-order chi connectivity index (χ1) is 9.08. The number of nitrogens with zero attached hydrogens (tertiary/aromatic N) is 1. The molecule has 0 amide bonds. The fraction of sp³-hybridized carbons (Fsp3) is 0.267. The minimum absolute atomic E-state index is 0.194. The third-order valence-electron chi connectivity index (χ3n) is 2.85. The summed E-state index contributed by atoms with van der Waals surface area (Å²) in [6, 6.07) is 8.72. The number of pyridine rings is 1. The van der Waals surface area contributed by atoms with Gasteiger partial charge in [-0.15, -0.1) is 0 Å². The van der Waals surface area contributed by atoms with Crippen LogP contribution in [0.15, 0.2) is 30.3 Å². The van der Waals surface area contributed by atoms with Crippen molar-refractivity contribution in [1.29, 1.82) is 0 Å². The van der Waals surface area contributed by atoms with Crippen molar-refractivity contribution < 1.29 is 9.13 Å². The van der Waals surface area contributed by atoms with E-state index in [2.05, 4.69) is 10.3 Å². The lowest BCUT2D eigenvalue weighted by molar-refractivity contribution is 0.413. The zero-order chi connectivity index (χ0) is 13.8. The molecular weight excluding hydrogens is 243 g/mol. The summed E-state index contributed by atoms with van der Waals surface area (Å²) >= 11 is 0. The van der Waals surface area contributed by atoms with E-state index in [1.165, 1.54) is 6.07 Å². The number of aromatic nitrogens is 1. The lowest BCUT2D eigenvalue weighted by Crippen LogP contribution is -2.03. The van der Waals surface area contributed by atoms with Crippen LogP contribution in [0, 0.1) is 19.7 Å². The molecule has 0 saturated heterocycles. The molecular formula is C15H17FN2O. The third kappa shape index (κ3) is 3.44. The highest BCUT2D eigenvalue weighted by Gasteiger charge is 2.02. The first-order valence-electron chi connectivity index (χ1n) is 6.10. The van der Waals surface area contributed by atoms with Crippen molar-refractivity contribution in [1.82, 2.24) is 4.98 Å². The number of rotatable bonds is 4. The Morgan fingerprint density at radius 3 is 2.68 bits per heavy atom. The second-order valence-corrected chi connectivity index (χ2v) is 4.46. The normalized spacial score (nSPS) is 10.3. The summed E-state index contributed by atoms with van der Waals surface area (Å²) in [6.45, 7) is 4.24. The molecule has 19 heavy (non-hydrogen) atoms. The SMILES string of the molecule is COc1cc(C)nc(CNc2ccc(F)c(C)c2)c1. The molecule has 100 valence electrons. The Balaban J connectivity index is 2.09. The molecule has 0 unspecified atom stereocenters. The van der Waals surface area contributed by atoms with Gasteiger partial charge in [-0.1, -0.05) is 0 Å². The Morgan fingerprint density at radius 1 is 1.21 bits per heavy atom. The molecule has 0 bridgehead atoms. The number of ether oxygens (including phenoxy) is 1. The number of hydrogen-bond donors (Lipinski definition) is 1. The van der Waals surface area contributed by atoms with Crippen LogP contribution in [0.2, 0.25) is 0 Å². The van der Waals surface area contributed by atoms with Gasteiger partial charge in [-0.05, 0) is 37.6 Å². The van der Waals surface area contributed by atoms with Crippen molar-refractivity contribution in [3.8, 4) is 5.75 Å². The van der Waals surface area contributed by atoms with E-state index in [-0.39, 0.29) is 5.82 Å². The molecule has 0 radical (unpaired) electrons. The zero-order valence-electron chi connectivity index (χ0n) is 11.3. The van der Waals surface area contributed by atoms with Gasteiger partial charge in [-0.2, -0.15) is 0 Å². The highest BCUT2D eigenvalue weighted by Crippen LogP contribution is 2.17.